The van der Waals surface area contributed by atoms with Crippen LogP contribution >= 0.6 is 11.8 Å². The summed E-state index contributed by atoms with van der Waals surface area (Å²) in [5, 5.41) is 2.73. The minimum Gasteiger partial charge on any atom is -0.496 e. The van der Waals surface area contributed by atoms with Crippen LogP contribution in [0.3, 0.4) is 0 Å². The maximum atomic E-state index is 12.4. The minimum absolute atomic E-state index is 0.146. The molecule has 8 heteroatoms. The lowest BCUT2D eigenvalue weighted by molar-refractivity contribution is -0.124. The number of nitrogens with one attached hydrogen (secondary N) is 1. The van der Waals surface area contributed by atoms with Crippen molar-refractivity contribution in [1.29, 1.82) is 0 Å². The highest BCUT2D eigenvalue weighted by atomic mass is 32.2. The van der Waals surface area contributed by atoms with Gasteiger partial charge in [-0.2, -0.15) is 0 Å². The monoisotopic (exact) mass is 419 g/mol. The zero-order valence-corrected chi connectivity index (χ0v) is 17.8. The van der Waals surface area contributed by atoms with Crippen molar-refractivity contribution in [1.82, 2.24) is 5.32 Å². The quantitative estimate of drug-likeness (QED) is 0.360. The van der Waals surface area contributed by atoms with E-state index in [0.29, 0.717) is 23.8 Å². The van der Waals surface area contributed by atoms with Gasteiger partial charge >= 0.3 is 5.97 Å². The van der Waals surface area contributed by atoms with Crippen molar-refractivity contribution in [3.05, 3.63) is 47.5 Å². The summed E-state index contributed by atoms with van der Waals surface area (Å²) in [6, 6.07) is 11.2. The Morgan fingerprint density at radius 2 is 1.55 bits per heavy atom. The third-order valence-electron chi connectivity index (χ3n) is 3.97. The summed E-state index contributed by atoms with van der Waals surface area (Å²) in [7, 11) is 4.37. The van der Waals surface area contributed by atoms with Gasteiger partial charge in [0.2, 0.25) is 0 Å². The van der Waals surface area contributed by atoms with Gasteiger partial charge in [-0.3, -0.25) is 4.79 Å². The van der Waals surface area contributed by atoms with Crippen LogP contribution in [0.25, 0.3) is 0 Å². The average molecular weight is 419 g/mol. The lowest BCUT2D eigenvalue weighted by Crippen LogP contribution is -2.30. The van der Waals surface area contributed by atoms with Crippen LogP contribution in [0.4, 0.5) is 0 Å². The Kier molecular flexibility index (Phi) is 8.67. The molecule has 0 aliphatic heterocycles. The number of thioether (sulfide) groups is 1. The van der Waals surface area contributed by atoms with Crippen LogP contribution in [0.2, 0.25) is 0 Å². The van der Waals surface area contributed by atoms with E-state index in [-0.39, 0.29) is 23.8 Å². The first-order chi connectivity index (χ1) is 14.0. The number of carbonyl (C=O) groups excluding carboxylic acids is 2. The number of aryl methyl sites for hydroxylation is 1. The molecule has 2 rings (SSSR count). The first-order valence-electron chi connectivity index (χ1n) is 8.91. The summed E-state index contributed by atoms with van der Waals surface area (Å²) in [4.78, 5) is 25.4. The number of hydrogen-bond donors (Lipinski definition) is 1. The Bertz CT molecular complexity index is 838. The van der Waals surface area contributed by atoms with E-state index in [4.69, 9.17) is 18.9 Å². The van der Waals surface area contributed by atoms with Crippen molar-refractivity contribution in [3.8, 4) is 17.2 Å². The Morgan fingerprint density at radius 1 is 0.931 bits per heavy atom. The predicted octanol–water partition coefficient (Wildman–Crippen LogP) is 3.09. The zero-order chi connectivity index (χ0) is 21.2. The standard InChI is InChI=1S/C21H25NO6S/c1-14-5-7-15(8-6-14)29-10-9-22-20(23)13-28-21(24)16-11-18(26-3)19(27-4)12-17(16)25-2/h5-8,11-12H,9-10,13H2,1-4H3,(H,22,23). The molecule has 29 heavy (non-hydrogen) atoms. The van der Waals surface area contributed by atoms with E-state index in [1.165, 1.54) is 39.0 Å². The molecule has 2 aromatic carbocycles. The fourth-order valence-electron chi connectivity index (χ4n) is 2.44. The minimum atomic E-state index is -0.688. The van der Waals surface area contributed by atoms with Crippen molar-refractivity contribution < 1.29 is 28.5 Å². The van der Waals surface area contributed by atoms with Gasteiger partial charge in [0, 0.05) is 29.3 Å². The summed E-state index contributed by atoms with van der Waals surface area (Å²) in [6.45, 7) is 2.12. The van der Waals surface area contributed by atoms with E-state index in [2.05, 4.69) is 5.32 Å². The molecule has 0 radical (unpaired) electrons. The van der Waals surface area contributed by atoms with Crippen molar-refractivity contribution >= 4 is 23.6 Å². The highest BCUT2D eigenvalue weighted by Crippen LogP contribution is 2.34. The molecule has 0 aliphatic rings. The van der Waals surface area contributed by atoms with Crippen LogP contribution < -0.4 is 19.5 Å². The maximum Gasteiger partial charge on any atom is 0.342 e. The predicted molar refractivity (Wildman–Crippen MR) is 111 cm³/mol. The Labute approximate surface area is 174 Å². The van der Waals surface area contributed by atoms with E-state index in [0.717, 1.165) is 4.90 Å². The Hall–Kier alpha value is -2.87. The van der Waals surface area contributed by atoms with Crippen LogP contribution in [0, 0.1) is 6.92 Å². The topological polar surface area (TPSA) is 83.1 Å². The van der Waals surface area contributed by atoms with Crippen LogP contribution in [-0.4, -0.2) is 52.1 Å². The van der Waals surface area contributed by atoms with Gasteiger partial charge in [-0.15, -0.1) is 11.8 Å². The van der Waals surface area contributed by atoms with Crippen LogP contribution in [0.15, 0.2) is 41.3 Å². The summed E-state index contributed by atoms with van der Waals surface area (Å²) in [5.74, 6) is 0.700. The van der Waals surface area contributed by atoms with Gasteiger partial charge in [-0.05, 0) is 19.1 Å². The van der Waals surface area contributed by atoms with Gasteiger partial charge in [0.15, 0.2) is 18.1 Å². The number of benzene rings is 2. The molecule has 0 heterocycles. The average Bonchev–Trinajstić information content (AvgIpc) is 2.75. The van der Waals surface area contributed by atoms with Gasteiger partial charge in [0.05, 0.1) is 21.3 Å². The molecule has 0 saturated carbocycles. The number of hydrogen-bond acceptors (Lipinski definition) is 7. The summed E-state index contributed by atoms with van der Waals surface area (Å²) in [6.07, 6.45) is 0. The molecule has 7 nitrogen and oxygen atoms in total. The molecule has 0 fully saturated rings. The molecule has 1 amide bonds. The number of amides is 1. The fourth-order valence-corrected chi connectivity index (χ4v) is 3.21. The lowest BCUT2D eigenvalue weighted by atomic mass is 10.1. The number of carbonyl (C=O) groups is 2. The van der Waals surface area contributed by atoms with E-state index in [1.807, 2.05) is 31.2 Å². The molecular formula is C21H25NO6S. The Balaban J connectivity index is 1.82. The third kappa shape index (κ3) is 6.60. The molecule has 2 aromatic rings. The summed E-state index contributed by atoms with van der Waals surface area (Å²) in [5.41, 5.74) is 1.35. The van der Waals surface area contributed by atoms with Crippen molar-refractivity contribution in [2.45, 2.75) is 11.8 Å². The molecule has 0 saturated heterocycles. The summed E-state index contributed by atoms with van der Waals surface area (Å²) >= 11 is 1.64. The first kappa shape index (κ1) is 22.4. The van der Waals surface area contributed by atoms with Crippen molar-refractivity contribution in [3.63, 3.8) is 0 Å². The van der Waals surface area contributed by atoms with Crippen LogP contribution in [0.5, 0.6) is 17.2 Å². The van der Waals surface area contributed by atoms with Gasteiger partial charge in [0.25, 0.3) is 5.91 Å². The number of methoxy groups -OCH3 is 3. The van der Waals surface area contributed by atoms with E-state index in [9.17, 15) is 9.59 Å². The Morgan fingerprint density at radius 3 is 2.17 bits per heavy atom. The molecule has 0 atom stereocenters. The maximum absolute atomic E-state index is 12.4. The van der Waals surface area contributed by atoms with Crippen LogP contribution in [-0.2, 0) is 9.53 Å². The summed E-state index contributed by atoms with van der Waals surface area (Å²) < 4.78 is 20.7. The number of ether oxygens (including phenoxy) is 4. The molecular weight excluding hydrogens is 394 g/mol. The highest BCUT2D eigenvalue weighted by Gasteiger charge is 2.19. The SMILES string of the molecule is COc1cc(OC)c(C(=O)OCC(=O)NCCSc2ccc(C)cc2)cc1OC. The second-order valence-electron chi connectivity index (χ2n) is 6.00. The highest BCUT2D eigenvalue weighted by molar-refractivity contribution is 7.99. The van der Waals surface area contributed by atoms with E-state index < -0.39 is 5.97 Å². The third-order valence-corrected chi connectivity index (χ3v) is 4.99. The van der Waals surface area contributed by atoms with E-state index >= 15 is 0 Å². The fraction of sp³-hybridized carbons (Fsp3) is 0.333. The normalized spacial score (nSPS) is 10.2. The van der Waals surface area contributed by atoms with Crippen molar-refractivity contribution in [2.24, 2.45) is 0 Å². The molecule has 0 aromatic heterocycles. The second-order valence-corrected chi connectivity index (χ2v) is 7.16. The van der Waals surface area contributed by atoms with Gasteiger partial charge < -0.3 is 24.3 Å². The van der Waals surface area contributed by atoms with Gasteiger partial charge in [-0.25, -0.2) is 4.79 Å². The second kappa shape index (κ2) is 11.2. The van der Waals surface area contributed by atoms with Gasteiger partial charge in [0.1, 0.15) is 11.3 Å². The molecule has 0 unspecified atom stereocenters. The largest absolute Gasteiger partial charge is 0.496 e. The number of esters is 1. The molecule has 1 N–H and O–H groups in total. The first-order valence-corrected chi connectivity index (χ1v) is 9.90. The molecule has 156 valence electrons. The lowest BCUT2D eigenvalue weighted by Gasteiger charge is -2.13. The van der Waals surface area contributed by atoms with Gasteiger partial charge in [-0.1, -0.05) is 17.7 Å². The van der Waals surface area contributed by atoms with Crippen molar-refractivity contribution in [2.75, 3.05) is 40.2 Å². The van der Waals surface area contributed by atoms with E-state index in [1.54, 1.807) is 11.8 Å². The van der Waals surface area contributed by atoms with Crippen LogP contribution in [0.1, 0.15) is 15.9 Å². The molecule has 0 spiro atoms. The zero-order valence-electron chi connectivity index (χ0n) is 16.9. The molecule has 0 aliphatic carbocycles. The number of rotatable bonds is 10. The molecule has 0 bridgehead atoms. The smallest absolute Gasteiger partial charge is 0.342 e.